The average molecular weight is 1180 g/mol. The molecule has 0 unspecified atom stereocenters. The Morgan fingerprint density at radius 1 is 0.253 bits per heavy atom. The number of benzene rings is 12. The first kappa shape index (κ1) is 49.1. The summed E-state index contributed by atoms with van der Waals surface area (Å²) in [7, 11) is 0. The summed E-state index contributed by atoms with van der Waals surface area (Å²) in [5, 5.41) is 12.0. The Hall–Kier alpha value is -11.4. The number of imidazole rings is 2. The van der Waals surface area contributed by atoms with Gasteiger partial charge in [0.1, 0.15) is 11.3 Å². The fourth-order valence-corrected chi connectivity index (χ4v) is 13.8. The van der Waals surface area contributed by atoms with E-state index in [-0.39, 0.29) is 0 Å². The van der Waals surface area contributed by atoms with Crippen molar-refractivity contribution in [2.24, 2.45) is 0 Å². The van der Waals surface area contributed by atoms with Gasteiger partial charge in [0.25, 0.3) is 0 Å². The molecule has 1 N–H and O–H groups in total. The van der Waals surface area contributed by atoms with Gasteiger partial charge in [0.15, 0.2) is 0 Å². The Bertz CT molecular complexity index is 6090. The van der Waals surface area contributed by atoms with Gasteiger partial charge in [-0.05, 0) is 121 Å². The third-order valence-electron chi connectivity index (χ3n) is 17.2. The molecule has 0 saturated heterocycles. The highest BCUT2D eigenvalue weighted by atomic mass is 79.9. The standard InChI is InChI=1S/C38H23N5.C26H15BrN4.C12H9N/c1-5-15-30-28(14-1)37-39-31-16-6-10-20-36(31)43(37)38(40-30)42-34-19-9-4-13-27(34)29-23-24(21-22-35(29)42)41-32-17-7-2-11-25(32)26-12-3-8-18-33(26)41;27-16-13-14-23-19(15-16)17-7-2-5-11-22(17)30(23)26-29-20-9-3-1-8-18(20)25-28-21-10-4-6-12-24(21)31(25)26;1-3-7-11-9(5-1)10-6-2-4-8-12(10)13-11/h1-23H;1-15H;1-8,13H. The van der Waals surface area contributed by atoms with Gasteiger partial charge in [-0.2, -0.15) is 0 Å². The third kappa shape index (κ3) is 7.52. The van der Waals surface area contributed by atoms with Gasteiger partial charge in [0.2, 0.25) is 11.9 Å². The van der Waals surface area contributed by atoms with Crippen LogP contribution in [0, 0.1) is 0 Å². The van der Waals surface area contributed by atoms with Crippen LogP contribution >= 0.6 is 15.9 Å². The van der Waals surface area contributed by atoms with E-state index in [0.29, 0.717) is 0 Å². The van der Waals surface area contributed by atoms with Crippen molar-refractivity contribution >= 4 is 158 Å². The van der Waals surface area contributed by atoms with Gasteiger partial charge in [-0.15, -0.1) is 0 Å². The third-order valence-corrected chi connectivity index (χ3v) is 17.7. The molecular formula is C76H47BrN10. The molecule has 12 aromatic carbocycles. The fourth-order valence-electron chi connectivity index (χ4n) is 13.4. The molecule has 0 aliphatic rings. The van der Waals surface area contributed by atoms with Crippen molar-refractivity contribution in [3.63, 3.8) is 0 Å². The van der Waals surface area contributed by atoms with Gasteiger partial charge in [-0.1, -0.05) is 174 Å². The second kappa shape index (κ2) is 19.3. The maximum Gasteiger partial charge on any atom is 0.221 e. The SMILES string of the molecule is Brc1ccc2c(c1)c1ccccc1n2-c1nc2ccccc2c2nc3ccccc3n12.c1ccc2c(c1)[nH]c1ccccc12.c1ccc2c(c1)nc(-n1c3ccccc3c3cc(-n4c5ccccc5c5ccccc54)ccc31)n1c3ccccc3nc21. The highest BCUT2D eigenvalue weighted by Gasteiger charge is 2.23. The van der Waals surface area contributed by atoms with Crippen LogP contribution < -0.4 is 0 Å². The topological polar surface area (TPSA) is 91.0 Å². The van der Waals surface area contributed by atoms with Crippen molar-refractivity contribution in [3.05, 3.63) is 284 Å². The van der Waals surface area contributed by atoms with Gasteiger partial charge in [0, 0.05) is 75.1 Å². The molecule has 20 rings (SSSR count). The lowest BCUT2D eigenvalue weighted by Crippen LogP contribution is -2.06. The molecule has 87 heavy (non-hydrogen) atoms. The summed E-state index contributed by atoms with van der Waals surface area (Å²) in [5.41, 5.74) is 18.1. The van der Waals surface area contributed by atoms with Crippen molar-refractivity contribution in [1.82, 2.24) is 47.4 Å². The van der Waals surface area contributed by atoms with Gasteiger partial charge in [-0.25, -0.2) is 19.9 Å². The highest BCUT2D eigenvalue weighted by molar-refractivity contribution is 9.10. The Kier molecular flexibility index (Phi) is 10.9. The zero-order chi connectivity index (χ0) is 57.3. The molecule has 0 bridgehead atoms. The molecule has 20 aromatic rings. The van der Waals surface area contributed by atoms with Gasteiger partial charge >= 0.3 is 0 Å². The van der Waals surface area contributed by atoms with E-state index in [1.807, 2.05) is 30.3 Å². The van der Waals surface area contributed by atoms with Crippen LogP contribution in [0.15, 0.2) is 284 Å². The van der Waals surface area contributed by atoms with Crippen molar-refractivity contribution in [2.75, 3.05) is 0 Å². The lowest BCUT2D eigenvalue weighted by atomic mass is 10.1. The summed E-state index contributed by atoms with van der Waals surface area (Å²) in [6.07, 6.45) is 0. The van der Waals surface area contributed by atoms with Crippen LogP contribution in [-0.4, -0.2) is 47.4 Å². The van der Waals surface area contributed by atoms with Gasteiger partial charge in [-0.3, -0.25) is 17.9 Å². The summed E-state index contributed by atoms with van der Waals surface area (Å²) in [4.78, 5) is 23.9. The second-order valence-electron chi connectivity index (χ2n) is 22.0. The van der Waals surface area contributed by atoms with Crippen LogP contribution in [0.3, 0.4) is 0 Å². The maximum atomic E-state index is 5.30. The van der Waals surface area contributed by atoms with Crippen LogP contribution in [-0.2, 0) is 0 Å². The van der Waals surface area contributed by atoms with E-state index in [1.54, 1.807) is 0 Å². The predicted octanol–water partition coefficient (Wildman–Crippen LogP) is 19.4. The number of rotatable bonds is 3. The zero-order valence-corrected chi connectivity index (χ0v) is 48.0. The first-order valence-electron chi connectivity index (χ1n) is 29.1. The molecule has 0 saturated carbocycles. The number of hydrogen-bond acceptors (Lipinski definition) is 4. The summed E-state index contributed by atoms with van der Waals surface area (Å²) in [6, 6.07) is 97.5. The van der Waals surface area contributed by atoms with Crippen LogP contribution in [0.25, 0.3) is 160 Å². The van der Waals surface area contributed by atoms with Crippen molar-refractivity contribution < 1.29 is 0 Å². The van der Waals surface area contributed by atoms with Gasteiger partial charge in [0.05, 0.1) is 66.2 Å². The lowest BCUT2D eigenvalue weighted by molar-refractivity contribution is 0.979. The van der Waals surface area contributed by atoms with E-state index in [2.05, 4.69) is 292 Å². The average Bonchev–Trinajstić information content (AvgIpc) is 2.23. The normalized spacial score (nSPS) is 12.0. The summed E-state index contributed by atoms with van der Waals surface area (Å²) >= 11 is 3.64. The number of halogens is 1. The molecule has 0 atom stereocenters. The van der Waals surface area contributed by atoms with Crippen molar-refractivity contribution in [3.8, 4) is 17.6 Å². The molecule has 8 aromatic heterocycles. The largest absolute Gasteiger partial charge is 0.355 e. The van der Waals surface area contributed by atoms with E-state index in [9.17, 15) is 0 Å². The minimum Gasteiger partial charge on any atom is -0.355 e. The quantitative estimate of drug-likeness (QED) is 0.191. The number of H-pyrrole nitrogens is 1. The predicted molar refractivity (Wildman–Crippen MR) is 363 cm³/mol. The fraction of sp³-hybridized carbons (Fsp3) is 0. The first-order chi connectivity index (χ1) is 43.1. The second-order valence-corrected chi connectivity index (χ2v) is 22.9. The summed E-state index contributed by atoms with van der Waals surface area (Å²) < 4.78 is 12.4. The van der Waals surface area contributed by atoms with E-state index in [4.69, 9.17) is 19.9 Å². The Morgan fingerprint density at radius 2 is 0.586 bits per heavy atom. The highest BCUT2D eigenvalue weighted by Crippen LogP contribution is 2.40. The molecule has 0 aliphatic heterocycles. The smallest absolute Gasteiger partial charge is 0.221 e. The molecule has 0 fully saturated rings. The molecule has 10 nitrogen and oxygen atoms in total. The maximum absolute atomic E-state index is 5.30. The molecule has 0 spiro atoms. The lowest BCUT2D eigenvalue weighted by Gasteiger charge is -2.13. The number of hydrogen-bond donors (Lipinski definition) is 1. The number of para-hydroxylation sites is 12. The molecule has 408 valence electrons. The Balaban J connectivity index is 0.000000112. The minimum absolute atomic E-state index is 0.832. The summed E-state index contributed by atoms with van der Waals surface area (Å²) in [6.45, 7) is 0. The van der Waals surface area contributed by atoms with Crippen LogP contribution in [0.2, 0.25) is 0 Å². The van der Waals surface area contributed by atoms with Crippen LogP contribution in [0.5, 0.6) is 0 Å². The number of aromatic nitrogens is 10. The number of nitrogens with zero attached hydrogens (tertiary/aromatic N) is 9. The Labute approximate surface area is 503 Å². The van der Waals surface area contributed by atoms with Crippen molar-refractivity contribution in [2.45, 2.75) is 0 Å². The number of nitrogens with one attached hydrogen (secondary N) is 1. The number of fused-ring (bicyclic) bond motifs is 22. The van der Waals surface area contributed by atoms with Gasteiger partial charge < -0.3 is 9.55 Å². The first-order valence-corrected chi connectivity index (χ1v) is 29.9. The molecule has 0 aliphatic carbocycles. The molecule has 0 radical (unpaired) electrons. The van der Waals surface area contributed by atoms with E-state index in [1.165, 1.54) is 65.2 Å². The van der Waals surface area contributed by atoms with E-state index >= 15 is 0 Å². The zero-order valence-electron chi connectivity index (χ0n) is 46.5. The van der Waals surface area contributed by atoms with Crippen LogP contribution in [0.4, 0.5) is 0 Å². The molecular weight excluding hydrogens is 1130 g/mol. The van der Waals surface area contributed by atoms with Crippen LogP contribution in [0.1, 0.15) is 0 Å². The summed E-state index contributed by atoms with van der Waals surface area (Å²) in [5.74, 6) is 1.68. The number of aromatic amines is 1. The monoisotopic (exact) mass is 1180 g/mol. The molecule has 8 heterocycles. The molecule has 0 amide bonds. The van der Waals surface area contributed by atoms with E-state index < -0.39 is 0 Å². The van der Waals surface area contributed by atoms with E-state index in [0.717, 1.165) is 99.3 Å². The minimum atomic E-state index is 0.832. The molecule has 11 heteroatoms. The Morgan fingerprint density at radius 3 is 1.06 bits per heavy atom. The van der Waals surface area contributed by atoms with Crippen molar-refractivity contribution in [1.29, 1.82) is 0 Å².